The molecule has 0 unspecified atom stereocenters. The zero-order valence-electron chi connectivity index (χ0n) is 17.1. The van der Waals surface area contributed by atoms with E-state index in [0.717, 1.165) is 48.8 Å². The quantitative estimate of drug-likeness (QED) is 0.550. The predicted molar refractivity (Wildman–Crippen MR) is 116 cm³/mol. The molecule has 4 nitrogen and oxygen atoms in total. The van der Waals surface area contributed by atoms with E-state index < -0.39 is 0 Å². The Balaban J connectivity index is 1.88. The molecule has 1 saturated carbocycles. The van der Waals surface area contributed by atoms with Crippen LogP contribution >= 0.6 is 11.6 Å². The van der Waals surface area contributed by atoms with E-state index in [2.05, 4.69) is 16.8 Å². The number of carbonyl (C=O) groups excluding carboxylic acids is 1. The van der Waals surface area contributed by atoms with Gasteiger partial charge in [-0.2, -0.15) is 0 Å². The molecule has 2 aromatic rings. The Labute approximate surface area is 173 Å². The normalized spacial score (nSPS) is 15.0. The highest BCUT2D eigenvalue weighted by atomic mass is 35.5. The van der Waals surface area contributed by atoms with Crippen LogP contribution in [-0.4, -0.2) is 22.0 Å². The molecule has 1 fully saturated rings. The second-order valence-corrected chi connectivity index (χ2v) is 8.31. The minimum Gasteiger partial charge on any atom is -0.351 e. The summed E-state index contributed by atoms with van der Waals surface area (Å²) in [7, 11) is 0. The molecule has 0 spiro atoms. The van der Waals surface area contributed by atoms with Crippen LogP contribution in [0.25, 0.3) is 11.4 Å². The molecule has 1 aliphatic rings. The number of hydrogen-bond donors (Lipinski definition) is 1. The number of nitrogens with zero attached hydrogens (tertiary/aromatic N) is 2. The van der Waals surface area contributed by atoms with Crippen LogP contribution < -0.4 is 5.32 Å². The first-order valence-electron chi connectivity index (χ1n) is 10.7. The summed E-state index contributed by atoms with van der Waals surface area (Å²) in [6.07, 6.45) is 9.86. The van der Waals surface area contributed by atoms with Gasteiger partial charge in [-0.15, -0.1) is 0 Å². The summed E-state index contributed by atoms with van der Waals surface area (Å²) in [5.74, 6) is 1.49. The average Bonchev–Trinajstić information content (AvgIpc) is 3.04. The minimum atomic E-state index is -0.0873. The maximum absolute atomic E-state index is 12.7. The minimum absolute atomic E-state index is 0.0873. The first kappa shape index (κ1) is 20.9. The molecule has 1 heterocycles. The number of aromatic nitrogens is 2. The topological polar surface area (TPSA) is 46.9 Å². The molecule has 0 radical (unpaired) electrons. The smallest absolute Gasteiger partial charge is 0.271 e. The zero-order chi connectivity index (χ0) is 19.9. The third-order valence-corrected chi connectivity index (χ3v) is 6.18. The van der Waals surface area contributed by atoms with Crippen molar-refractivity contribution in [2.24, 2.45) is 5.92 Å². The number of carbonyl (C=O) groups is 1. The first-order chi connectivity index (χ1) is 13.6. The van der Waals surface area contributed by atoms with Gasteiger partial charge in [-0.05, 0) is 37.8 Å². The summed E-state index contributed by atoms with van der Waals surface area (Å²) < 4.78 is 2.20. The van der Waals surface area contributed by atoms with Crippen molar-refractivity contribution in [1.82, 2.24) is 14.9 Å². The van der Waals surface area contributed by atoms with Crippen LogP contribution in [0, 0.1) is 12.8 Å². The second kappa shape index (κ2) is 10.1. The summed E-state index contributed by atoms with van der Waals surface area (Å²) in [5.41, 5.74) is 2.35. The van der Waals surface area contributed by atoms with Crippen LogP contribution in [-0.2, 0) is 6.54 Å². The third-order valence-electron chi connectivity index (χ3n) is 5.85. The van der Waals surface area contributed by atoms with Gasteiger partial charge in [0.15, 0.2) is 0 Å². The van der Waals surface area contributed by atoms with E-state index >= 15 is 0 Å². The van der Waals surface area contributed by atoms with Crippen molar-refractivity contribution in [3.8, 4) is 11.4 Å². The maximum atomic E-state index is 12.7. The van der Waals surface area contributed by atoms with E-state index in [1.54, 1.807) is 0 Å². The van der Waals surface area contributed by atoms with Gasteiger partial charge in [0.05, 0.1) is 5.02 Å². The molecular formula is C23H32ClN3O. The molecular weight excluding hydrogens is 370 g/mol. The molecule has 0 saturated heterocycles. The lowest BCUT2D eigenvalue weighted by molar-refractivity contribution is 0.0948. The van der Waals surface area contributed by atoms with Gasteiger partial charge in [0.1, 0.15) is 11.5 Å². The second-order valence-electron chi connectivity index (χ2n) is 7.90. The highest BCUT2D eigenvalue weighted by Gasteiger charge is 2.22. The van der Waals surface area contributed by atoms with Crippen LogP contribution in [0.5, 0.6) is 0 Å². The number of rotatable bonds is 8. The van der Waals surface area contributed by atoms with Gasteiger partial charge >= 0.3 is 0 Å². The van der Waals surface area contributed by atoms with E-state index in [1.807, 2.05) is 31.2 Å². The highest BCUT2D eigenvalue weighted by molar-refractivity contribution is 6.33. The van der Waals surface area contributed by atoms with Crippen LogP contribution in [0.1, 0.15) is 74.5 Å². The fraction of sp³-hybridized carbons (Fsp3) is 0.565. The van der Waals surface area contributed by atoms with Crippen molar-refractivity contribution in [2.45, 2.75) is 71.8 Å². The largest absolute Gasteiger partial charge is 0.351 e. The average molecular weight is 402 g/mol. The van der Waals surface area contributed by atoms with Gasteiger partial charge in [0.2, 0.25) is 0 Å². The molecule has 1 aromatic heterocycles. The molecule has 0 bridgehead atoms. The monoisotopic (exact) mass is 401 g/mol. The fourth-order valence-corrected chi connectivity index (χ4v) is 4.34. The van der Waals surface area contributed by atoms with Crippen LogP contribution in [0.2, 0.25) is 5.02 Å². The van der Waals surface area contributed by atoms with E-state index in [0.29, 0.717) is 17.3 Å². The number of unbranched alkanes of at least 4 members (excludes halogenated alkanes) is 1. The van der Waals surface area contributed by atoms with Crippen molar-refractivity contribution >= 4 is 17.5 Å². The molecule has 1 N–H and O–H groups in total. The number of amides is 1. The van der Waals surface area contributed by atoms with Gasteiger partial charge in [-0.1, -0.05) is 69.2 Å². The standard InChI is InChI=1S/C23H32ClN3O/c1-3-4-15-25-23(28)21-17(2)27(16-14-18-10-6-5-7-11-18)22(26-21)19-12-8-9-13-20(19)24/h8-9,12-13,18H,3-7,10-11,14-16H2,1-2H3,(H,25,28). The number of hydrogen-bond acceptors (Lipinski definition) is 2. The lowest BCUT2D eigenvalue weighted by atomic mass is 9.87. The molecule has 28 heavy (non-hydrogen) atoms. The molecule has 1 amide bonds. The van der Waals surface area contributed by atoms with Crippen LogP contribution in [0.15, 0.2) is 24.3 Å². The summed E-state index contributed by atoms with van der Waals surface area (Å²) in [5, 5.41) is 3.68. The van der Waals surface area contributed by atoms with Gasteiger partial charge in [-0.25, -0.2) is 4.98 Å². The Morgan fingerprint density at radius 1 is 1.25 bits per heavy atom. The van der Waals surface area contributed by atoms with E-state index in [4.69, 9.17) is 16.6 Å². The molecule has 1 aromatic carbocycles. The van der Waals surface area contributed by atoms with Gasteiger partial charge < -0.3 is 9.88 Å². The maximum Gasteiger partial charge on any atom is 0.271 e. The number of benzene rings is 1. The van der Waals surface area contributed by atoms with Crippen LogP contribution in [0.4, 0.5) is 0 Å². The van der Waals surface area contributed by atoms with Gasteiger partial charge in [0, 0.05) is 24.3 Å². The Kier molecular flexibility index (Phi) is 7.55. The van der Waals surface area contributed by atoms with Crippen molar-refractivity contribution in [1.29, 1.82) is 0 Å². The van der Waals surface area contributed by atoms with E-state index in [-0.39, 0.29) is 5.91 Å². The molecule has 5 heteroatoms. The van der Waals surface area contributed by atoms with Crippen LogP contribution in [0.3, 0.4) is 0 Å². The SMILES string of the molecule is CCCCNC(=O)c1nc(-c2ccccc2Cl)n(CCC2CCCCC2)c1C. The molecule has 3 rings (SSSR count). The van der Waals surface area contributed by atoms with Gasteiger partial charge in [0.25, 0.3) is 5.91 Å². The zero-order valence-corrected chi connectivity index (χ0v) is 17.9. The van der Waals surface area contributed by atoms with Crippen molar-refractivity contribution in [2.75, 3.05) is 6.54 Å². The predicted octanol–water partition coefficient (Wildman–Crippen LogP) is 6.01. The molecule has 0 aliphatic heterocycles. The summed E-state index contributed by atoms with van der Waals surface area (Å²) in [4.78, 5) is 17.5. The Bertz CT molecular complexity index is 793. The highest BCUT2D eigenvalue weighted by Crippen LogP contribution is 2.31. The van der Waals surface area contributed by atoms with Crippen molar-refractivity contribution < 1.29 is 4.79 Å². The molecule has 152 valence electrons. The summed E-state index contributed by atoms with van der Waals surface area (Å²) in [6.45, 7) is 5.69. The number of halogens is 1. The Hall–Kier alpha value is -1.81. The number of imidazole rings is 1. The first-order valence-corrected chi connectivity index (χ1v) is 11.1. The summed E-state index contributed by atoms with van der Waals surface area (Å²) >= 11 is 6.47. The van der Waals surface area contributed by atoms with E-state index in [1.165, 1.54) is 32.1 Å². The summed E-state index contributed by atoms with van der Waals surface area (Å²) in [6, 6.07) is 7.76. The van der Waals surface area contributed by atoms with Crippen molar-refractivity contribution in [3.63, 3.8) is 0 Å². The Morgan fingerprint density at radius 2 is 2.00 bits per heavy atom. The lowest BCUT2D eigenvalue weighted by Crippen LogP contribution is -2.25. The third kappa shape index (κ3) is 4.96. The lowest BCUT2D eigenvalue weighted by Gasteiger charge is -2.22. The molecule has 0 atom stereocenters. The fourth-order valence-electron chi connectivity index (χ4n) is 4.12. The Morgan fingerprint density at radius 3 is 2.71 bits per heavy atom. The number of nitrogens with one attached hydrogen (secondary N) is 1. The van der Waals surface area contributed by atoms with Gasteiger partial charge in [-0.3, -0.25) is 4.79 Å². The molecule has 1 aliphatic carbocycles. The van der Waals surface area contributed by atoms with Crippen molar-refractivity contribution in [3.05, 3.63) is 40.7 Å². The van der Waals surface area contributed by atoms with E-state index in [9.17, 15) is 4.79 Å².